The highest BCUT2D eigenvalue weighted by Crippen LogP contribution is 2.41. The molecule has 3 aromatic rings. The lowest BCUT2D eigenvalue weighted by atomic mass is 10.0. The van der Waals surface area contributed by atoms with Crippen LogP contribution in [0.15, 0.2) is 30.6 Å². The molecule has 0 aliphatic carbocycles. The second-order valence-corrected chi connectivity index (χ2v) is 9.71. The number of nitrogens with zero attached hydrogens (tertiary/aromatic N) is 4. The number of amides is 1. The van der Waals surface area contributed by atoms with Gasteiger partial charge in [0.25, 0.3) is 5.91 Å². The van der Waals surface area contributed by atoms with Crippen molar-refractivity contribution in [2.24, 2.45) is 5.73 Å². The molecule has 0 bridgehead atoms. The van der Waals surface area contributed by atoms with Crippen molar-refractivity contribution in [2.45, 2.75) is 19.3 Å². The minimum Gasteiger partial charge on any atom is -0.384 e. The molecule has 34 heavy (non-hydrogen) atoms. The monoisotopic (exact) mass is 481 g/mol. The number of primary amides is 1. The zero-order valence-electron chi connectivity index (χ0n) is 19.3. The highest BCUT2D eigenvalue weighted by Gasteiger charge is 2.24. The molecule has 10 heteroatoms. The van der Waals surface area contributed by atoms with Crippen LogP contribution in [0.1, 0.15) is 29.8 Å². The Bertz CT molecular complexity index is 1100. The number of benzene rings is 1. The van der Waals surface area contributed by atoms with Crippen LogP contribution < -0.4 is 16.0 Å². The molecular weight excluding hydrogens is 450 g/mol. The normalized spacial score (nSPS) is 17.1. The molecule has 1 amide bonds. The van der Waals surface area contributed by atoms with E-state index in [4.69, 9.17) is 10.5 Å². The maximum atomic E-state index is 12.3. The van der Waals surface area contributed by atoms with Crippen LogP contribution in [0.3, 0.4) is 0 Å². The summed E-state index contributed by atoms with van der Waals surface area (Å²) in [6, 6.07) is 6.40. The lowest BCUT2D eigenvalue weighted by Gasteiger charge is -2.31. The van der Waals surface area contributed by atoms with E-state index in [0.717, 1.165) is 84.9 Å². The minimum absolute atomic E-state index is 0.312. The van der Waals surface area contributed by atoms with Crippen molar-refractivity contribution in [1.82, 2.24) is 20.1 Å². The molecule has 0 unspecified atom stereocenters. The van der Waals surface area contributed by atoms with E-state index in [1.54, 1.807) is 12.4 Å². The molecule has 0 radical (unpaired) electrons. The Balaban J connectivity index is 1.44. The van der Waals surface area contributed by atoms with Crippen LogP contribution in [-0.4, -0.2) is 78.5 Å². The van der Waals surface area contributed by atoms with Gasteiger partial charge in [0, 0.05) is 68.0 Å². The highest BCUT2D eigenvalue weighted by atomic mass is 32.1. The maximum Gasteiger partial charge on any atom is 0.268 e. The minimum atomic E-state index is -0.515. The number of nitrogens with one attached hydrogen (secondary N) is 2. The first kappa shape index (κ1) is 22.8. The van der Waals surface area contributed by atoms with Gasteiger partial charge in [-0.2, -0.15) is 5.10 Å². The predicted molar refractivity (Wildman–Crippen MR) is 135 cm³/mol. The number of aromatic nitrogens is 3. The number of H-pyrrole nitrogens is 1. The summed E-state index contributed by atoms with van der Waals surface area (Å²) in [5, 5.41) is 11.2. The van der Waals surface area contributed by atoms with E-state index < -0.39 is 5.91 Å². The summed E-state index contributed by atoms with van der Waals surface area (Å²) in [7, 11) is 0. The summed E-state index contributed by atoms with van der Waals surface area (Å²) in [4.78, 5) is 22.6. The summed E-state index contributed by atoms with van der Waals surface area (Å²) < 4.78 is 5.44. The molecule has 2 fully saturated rings. The van der Waals surface area contributed by atoms with Gasteiger partial charge in [0.15, 0.2) is 0 Å². The zero-order valence-corrected chi connectivity index (χ0v) is 20.1. The first-order valence-corrected chi connectivity index (χ1v) is 12.7. The third-order valence-corrected chi connectivity index (χ3v) is 7.54. The fourth-order valence-electron chi connectivity index (χ4n) is 4.57. The smallest absolute Gasteiger partial charge is 0.268 e. The van der Waals surface area contributed by atoms with Crippen molar-refractivity contribution < 1.29 is 9.53 Å². The van der Waals surface area contributed by atoms with Gasteiger partial charge in [-0.25, -0.2) is 4.98 Å². The van der Waals surface area contributed by atoms with Gasteiger partial charge in [-0.05, 0) is 37.5 Å². The summed E-state index contributed by atoms with van der Waals surface area (Å²) in [5.41, 5.74) is 10.1. The van der Waals surface area contributed by atoms with Crippen LogP contribution in [0, 0.1) is 0 Å². The van der Waals surface area contributed by atoms with Gasteiger partial charge in [-0.15, -0.1) is 11.3 Å². The molecule has 0 spiro atoms. The lowest BCUT2D eigenvalue weighted by Crippen LogP contribution is -2.39. The Morgan fingerprint density at radius 1 is 1.18 bits per heavy atom. The van der Waals surface area contributed by atoms with Gasteiger partial charge < -0.3 is 20.7 Å². The SMILES string of the molecule is NC(=O)c1nc(-c2cn[nH]c2)sc1-c1ccc(NCCN2CCOCC2)cc1N1CCCCC1. The van der Waals surface area contributed by atoms with Crippen LogP contribution in [0.25, 0.3) is 21.0 Å². The number of hydrogen-bond acceptors (Lipinski definition) is 8. The molecule has 2 saturated heterocycles. The number of carbonyl (C=O) groups excluding carboxylic acids is 1. The van der Waals surface area contributed by atoms with Crippen molar-refractivity contribution >= 4 is 28.6 Å². The molecule has 9 nitrogen and oxygen atoms in total. The van der Waals surface area contributed by atoms with E-state index >= 15 is 0 Å². The van der Waals surface area contributed by atoms with Gasteiger partial charge in [0.2, 0.25) is 0 Å². The topological polar surface area (TPSA) is 112 Å². The molecule has 1 aromatic carbocycles. The number of hydrogen-bond donors (Lipinski definition) is 3. The number of nitrogens with two attached hydrogens (primary N) is 1. The summed E-state index contributed by atoms with van der Waals surface area (Å²) in [6.07, 6.45) is 7.07. The van der Waals surface area contributed by atoms with Crippen molar-refractivity contribution in [3.8, 4) is 21.0 Å². The van der Waals surface area contributed by atoms with Crippen molar-refractivity contribution in [3.63, 3.8) is 0 Å². The van der Waals surface area contributed by atoms with Crippen LogP contribution >= 0.6 is 11.3 Å². The number of piperidine rings is 1. The maximum absolute atomic E-state index is 12.3. The first-order chi connectivity index (χ1) is 16.7. The Hall–Kier alpha value is -2.95. The third-order valence-electron chi connectivity index (χ3n) is 6.41. The molecule has 180 valence electrons. The van der Waals surface area contributed by atoms with Gasteiger partial charge in [0.05, 0.1) is 24.3 Å². The van der Waals surface area contributed by atoms with Crippen LogP contribution in [0.5, 0.6) is 0 Å². The van der Waals surface area contributed by atoms with Gasteiger partial charge in [-0.3, -0.25) is 14.8 Å². The lowest BCUT2D eigenvalue weighted by molar-refractivity contribution is 0.0398. The van der Waals surface area contributed by atoms with E-state index in [1.807, 2.05) is 0 Å². The number of thiazole rings is 1. The second kappa shape index (κ2) is 10.5. The number of rotatable bonds is 8. The molecule has 5 rings (SSSR count). The highest BCUT2D eigenvalue weighted by molar-refractivity contribution is 7.18. The Labute approximate surface area is 203 Å². The predicted octanol–water partition coefficient (Wildman–Crippen LogP) is 3.03. The first-order valence-electron chi connectivity index (χ1n) is 11.9. The van der Waals surface area contributed by atoms with Crippen LogP contribution in [0.4, 0.5) is 11.4 Å². The number of morpholine rings is 1. The molecule has 2 aliphatic heterocycles. The van der Waals surface area contributed by atoms with Crippen molar-refractivity contribution in [1.29, 1.82) is 0 Å². The van der Waals surface area contributed by atoms with E-state index in [2.05, 4.69) is 48.5 Å². The number of carbonyl (C=O) groups is 1. The molecular formula is C24H31N7O2S. The molecule has 4 heterocycles. The molecule has 2 aliphatic rings. The van der Waals surface area contributed by atoms with Crippen LogP contribution in [0.2, 0.25) is 0 Å². The third kappa shape index (κ3) is 5.08. The summed E-state index contributed by atoms with van der Waals surface area (Å²) in [5.74, 6) is -0.515. The zero-order chi connectivity index (χ0) is 23.3. The van der Waals surface area contributed by atoms with E-state index in [9.17, 15) is 4.79 Å². The molecule has 2 aromatic heterocycles. The largest absolute Gasteiger partial charge is 0.384 e. The standard InChI is InChI=1S/C24H31N7O2S/c25-23(32)21-22(34-24(29-21)17-15-27-28-16-17)19-5-4-18(14-20(19)31-7-2-1-3-8-31)26-6-9-30-10-12-33-13-11-30/h4-5,14-16,26H,1-3,6-13H2,(H2,25,32)(H,27,28). The quantitative estimate of drug-likeness (QED) is 0.453. The molecule has 0 atom stereocenters. The Kier molecular flexibility index (Phi) is 7.08. The van der Waals surface area contributed by atoms with Crippen LogP contribution in [-0.2, 0) is 4.74 Å². The van der Waals surface area contributed by atoms with Crippen molar-refractivity contribution in [3.05, 3.63) is 36.3 Å². The Morgan fingerprint density at radius 3 is 2.74 bits per heavy atom. The van der Waals surface area contributed by atoms with E-state index in [1.165, 1.54) is 30.6 Å². The fraction of sp³-hybridized carbons (Fsp3) is 0.458. The van der Waals surface area contributed by atoms with Gasteiger partial charge in [0.1, 0.15) is 10.7 Å². The van der Waals surface area contributed by atoms with Crippen molar-refractivity contribution in [2.75, 3.05) is 62.7 Å². The Morgan fingerprint density at radius 2 is 2.00 bits per heavy atom. The molecule has 4 N–H and O–H groups in total. The number of ether oxygens (including phenoxy) is 1. The number of anilines is 2. The van der Waals surface area contributed by atoms with Gasteiger partial charge >= 0.3 is 0 Å². The van der Waals surface area contributed by atoms with Gasteiger partial charge in [-0.1, -0.05) is 0 Å². The number of aromatic amines is 1. The van der Waals surface area contributed by atoms with E-state index in [0.29, 0.717) is 5.69 Å². The van der Waals surface area contributed by atoms with E-state index in [-0.39, 0.29) is 0 Å². The fourth-order valence-corrected chi connectivity index (χ4v) is 5.66. The average Bonchev–Trinajstić information content (AvgIpc) is 3.56. The molecule has 0 saturated carbocycles. The second-order valence-electron chi connectivity index (χ2n) is 8.71. The summed E-state index contributed by atoms with van der Waals surface area (Å²) >= 11 is 1.48. The summed E-state index contributed by atoms with van der Waals surface area (Å²) in [6.45, 7) is 7.46. The average molecular weight is 482 g/mol.